The molecule has 0 saturated heterocycles. The summed E-state index contributed by atoms with van der Waals surface area (Å²) in [5.41, 5.74) is 7.81. The molecule has 0 aliphatic carbocycles. The zero-order chi connectivity index (χ0) is 12.4. The summed E-state index contributed by atoms with van der Waals surface area (Å²) in [6, 6.07) is 4.95. The second-order valence-electron chi connectivity index (χ2n) is 3.81. The van der Waals surface area contributed by atoms with Gasteiger partial charge in [-0.2, -0.15) is 5.10 Å². The van der Waals surface area contributed by atoms with Gasteiger partial charge in [0.15, 0.2) is 0 Å². The van der Waals surface area contributed by atoms with E-state index in [1.54, 1.807) is 24.0 Å². The lowest BCUT2D eigenvalue weighted by atomic mass is 10.1. The third-order valence-corrected chi connectivity index (χ3v) is 2.65. The summed E-state index contributed by atoms with van der Waals surface area (Å²) in [6.45, 7) is 0.259. The Kier molecular flexibility index (Phi) is 3.10. The Balaban J connectivity index is 2.41. The number of nitrogens with zero attached hydrogens (tertiary/aromatic N) is 2. The second-order valence-corrected chi connectivity index (χ2v) is 3.81. The van der Waals surface area contributed by atoms with Gasteiger partial charge in [0, 0.05) is 25.3 Å². The van der Waals surface area contributed by atoms with Crippen LogP contribution in [0.3, 0.4) is 0 Å². The maximum Gasteiger partial charge on any atom is 0.129 e. The van der Waals surface area contributed by atoms with Gasteiger partial charge in [-0.05, 0) is 11.6 Å². The van der Waals surface area contributed by atoms with E-state index in [0.717, 1.165) is 5.56 Å². The van der Waals surface area contributed by atoms with Gasteiger partial charge in [0.05, 0.1) is 12.8 Å². The summed E-state index contributed by atoms with van der Waals surface area (Å²) in [6.07, 6.45) is 1.63. The standard InChI is InChI=1S/C12H14FN3O/c1-16-12(14)10(6-15-16)8-3-4-9(7-17-2)11(13)5-8/h3-6H,7,14H2,1-2H3. The normalized spacial score (nSPS) is 10.8. The molecule has 17 heavy (non-hydrogen) atoms. The highest BCUT2D eigenvalue weighted by Gasteiger charge is 2.10. The van der Waals surface area contributed by atoms with Gasteiger partial charge in [-0.1, -0.05) is 12.1 Å². The smallest absolute Gasteiger partial charge is 0.129 e. The summed E-state index contributed by atoms with van der Waals surface area (Å²) >= 11 is 0. The van der Waals surface area contributed by atoms with E-state index in [2.05, 4.69) is 5.10 Å². The number of ether oxygens (including phenoxy) is 1. The molecule has 0 saturated carbocycles. The Labute approximate surface area is 98.8 Å². The third-order valence-electron chi connectivity index (χ3n) is 2.65. The number of hydrogen-bond donors (Lipinski definition) is 1. The van der Waals surface area contributed by atoms with Gasteiger partial charge in [-0.25, -0.2) is 4.39 Å². The largest absolute Gasteiger partial charge is 0.383 e. The van der Waals surface area contributed by atoms with Crippen molar-refractivity contribution in [1.82, 2.24) is 9.78 Å². The van der Waals surface area contributed by atoms with Gasteiger partial charge in [-0.3, -0.25) is 4.68 Å². The van der Waals surface area contributed by atoms with Gasteiger partial charge in [-0.15, -0.1) is 0 Å². The van der Waals surface area contributed by atoms with Crippen LogP contribution in [0.4, 0.5) is 10.2 Å². The SMILES string of the molecule is COCc1ccc(-c2cnn(C)c2N)cc1F. The Morgan fingerprint density at radius 2 is 2.24 bits per heavy atom. The molecule has 1 aromatic carbocycles. The second kappa shape index (κ2) is 4.55. The van der Waals surface area contributed by atoms with Crippen molar-refractivity contribution in [3.05, 3.63) is 35.8 Å². The number of aryl methyl sites for hydroxylation is 1. The Morgan fingerprint density at radius 3 is 2.76 bits per heavy atom. The molecule has 0 aliphatic rings. The minimum absolute atomic E-state index is 0.259. The highest BCUT2D eigenvalue weighted by atomic mass is 19.1. The molecule has 0 amide bonds. The molecule has 90 valence electrons. The molecule has 0 radical (unpaired) electrons. The molecule has 4 nitrogen and oxygen atoms in total. The molecule has 2 aromatic rings. The zero-order valence-electron chi connectivity index (χ0n) is 9.77. The van der Waals surface area contributed by atoms with Crippen molar-refractivity contribution in [1.29, 1.82) is 0 Å². The first-order valence-electron chi connectivity index (χ1n) is 5.18. The quantitative estimate of drug-likeness (QED) is 0.884. The Bertz CT molecular complexity index is 537. The number of nitrogens with two attached hydrogens (primary N) is 1. The number of nitrogen functional groups attached to an aromatic ring is 1. The van der Waals surface area contributed by atoms with E-state index in [1.807, 2.05) is 6.07 Å². The van der Waals surface area contributed by atoms with E-state index < -0.39 is 0 Å². The summed E-state index contributed by atoms with van der Waals surface area (Å²) in [7, 11) is 3.28. The fourth-order valence-corrected chi connectivity index (χ4v) is 1.66. The van der Waals surface area contributed by atoms with Crippen LogP contribution >= 0.6 is 0 Å². The summed E-state index contributed by atoms with van der Waals surface area (Å²) in [4.78, 5) is 0. The third kappa shape index (κ3) is 2.14. The van der Waals surface area contributed by atoms with Crippen LogP contribution in [0, 0.1) is 5.82 Å². The number of rotatable bonds is 3. The number of anilines is 1. The van der Waals surface area contributed by atoms with E-state index >= 15 is 0 Å². The van der Waals surface area contributed by atoms with Gasteiger partial charge >= 0.3 is 0 Å². The van der Waals surface area contributed by atoms with Gasteiger partial charge in [0.25, 0.3) is 0 Å². The molecule has 0 fully saturated rings. The highest BCUT2D eigenvalue weighted by Crippen LogP contribution is 2.26. The van der Waals surface area contributed by atoms with Gasteiger partial charge < -0.3 is 10.5 Å². The predicted octanol–water partition coefficient (Wildman–Crippen LogP) is 1.95. The molecule has 0 bridgehead atoms. The Hall–Kier alpha value is -1.88. The summed E-state index contributed by atoms with van der Waals surface area (Å²) in [5.74, 6) is 0.219. The molecule has 1 aromatic heterocycles. The van der Waals surface area contributed by atoms with Crippen molar-refractivity contribution in [3.63, 3.8) is 0 Å². The lowest BCUT2D eigenvalue weighted by Gasteiger charge is -2.05. The van der Waals surface area contributed by atoms with Crippen LogP contribution in [0.5, 0.6) is 0 Å². The number of aromatic nitrogens is 2. The van der Waals surface area contributed by atoms with E-state index in [0.29, 0.717) is 16.9 Å². The molecule has 0 atom stereocenters. The lowest BCUT2D eigenvalue weighted by Crippen LogP contribution is -1.98. The first-order valence-corrected chi connectivity index (χ1v) is 5.18. The summed E-state index contributed by atoms with van der Waals surface area (Å²) < 4.78 is 20.2. The van der Waals surface area contributed by atoms with Crippen LogP contribution in [0.1, 0.15) is 5.56 Å². The highest BCUT2D eigenvalue weighted by molar-refractivity contribution is 5.73. The monoisotopic (exact) mass is 235 g/mol. The average Bonchev–Trinajstić information content (AvgIpc) is 2.63. The van der Waals surface area contributed by atoms with Crippen molar-refractivity contribution in [3.8, 4) is 11.1 Å². The summed E-state index contributed by atoms with van der Waals surface area (Å²) in [5, 5.41) is 4.03. The van der Waals surface area contributed by atoms with Crippen LogP contribution in [-0.2, 0) is 18.4 Å². The van der Waals surface area contributed by atoms with Crippen LogP contribution in [-0.4, -0.2) is 16.9 Å². The van der Waals surface area contributed by atoms with E-state index in [-0.39, 0.29) is 12.4 Å². The van der Waals surface area contributed by atoms with E-state index in [1.165, 1.54) is 13.2 Å². The van der Waals surface area contributed by atoms with Crippen LogP contribution in [0.2, 0.25) is 0 Å². The molecule has 0 spiro atoms. The molecule has 2 rings (SSSR count). The number of methoxy groups -OCH3 is 1. The fourth-order valence-electron chi connectivity index (χ4n) is 1.66. The molecular formula is C12H14FN3O. The van der Waals surface area contributed by atoms with Crippen LogP contribution in [0.25, 0.3) is 11.1 Å². The van der Waals surface area contributed by atoms with Gasteiger partial charge in [0.2, 0.25) is 0 Å². The predicted molar refractivity (Wildman–Crippen MR) is 63.7 cm³/mol. The van der Waals surface area contributed by atoms with Crippen LogP contribution in [0.15, 0.2) is 24.4 Å². The fraction of sp³-hybridized carbons (Fsp3) is 0.250. The van der Waals surface area contributed by atoms with Crippen molar-refractivity contribution in [2.45, 2.75) is 6.61 Å². The van der Waals surface area contributed by atoms with Crippen LogP contribution < -0.4 is 5.73 Å². The molecule has 1 heterocycles. The van der Waals surface area contributed by atoms with Gasteiger partial charge in [0.1, 0.15) is 11.6 Å². The minimum atomic E-state index is -0.299. The first kappa shape index (κ1) is 11.6. The van der Waals surface area contributed by atoms with Crippen molar-refractivity contribution >= 4 is 5.82 Å². The molecular weight excluding hydrogens is 221 g/mol. The number of halogens is 1. The Morgan fingerprint density at radius 1 is 1.47 bits per heavy atom. The maximum atomic E-state index is 13.7. The molecule has 2 N–H and O–H groups in total. The lowest BCUT2D eigenvalue weighted by molar-refractivity contribution is 0.181. The van der Waals surface area contributed by atoms with E-state index in [9.17, 15) is 4.39 Å². The van der Waals surface area contributed by atoms with Crippen molar-refractivity contribution in [2.24, 2.45) is 7.05 Å². The minimum Gasteiger partial charge on any atom is -0.383 e. The maximum absolute atomic E-state index is 13.7. The number of benzene rings is 1. The molecule has 0 unspecified atom stereocenters. The van der Waals surface area contributed by atoms with Crippen molar-refractivity contribution in [2.75, 3.05) is 12.8 Å². The number of hydrogen-bond acceptors (Lipinski definition) is 3. The zero-order valence-corrected chi connectivity index (χ0v) is 9.77. The van der Waals surface area contributed by atoms with Crippen molar-refractivity contribution < 1.29 is 9.13 Å². The average molecular weight is 235 g/mol. The van der Waals surface area contributed by atoms with E-state index in [4.69, 9.17) is 10.5 Å². The molecule has 5 heteroatoms. The molecule has 0 aliphatic heterocycles. The first-order chi connectivity index (χ1) is 8.13. The topological polar surface area (TPSA) is 53.1 Å².